The summed E-state index contributed by atoms with van der Waals surface area (Å²) < 4.78 is 0. The fourth-order valence-electron chi connectivity index (χ4n) is 2.19. The van der Waals surface area contributed by atoms with Gasteiger partial charge in [-0.3, -0.25) is 0 Å². The van der Waals surface area contributed by atoms with Crippen molar-refractivity contribution in [2.24, 2.45) is 0 Å². The lowest BCUT2D eigenvalue weighted by atomic mass is 10.1. The Hall–Kier alpha value is -2.18. The molecule has 0 aliphatic rings. The van der Waals surface area contributed by atoms with Gasteiger partial charge < -0.3 is 4.98 Å². The molecule has 2 aromatic carbocycles. The maximum Gasteiger partial charge on any atom is 0.138 e. The van der Waals surface area contributed by atoms with Gasteiger partial charge in [0.25, 0.3) is 0 Å². The van der Waals surface area contributed by atoms with Gasteiger partial charge in [0.1, 0.15) is 5.40 Å². The number of fused-ring (bicyclic) bond motifs is 1. The van der Waals surface area contributed by atoms with Crippen LogP contribution in [0.15, 0.2) is 53.4 Å². The van der Waals surface area contributed by atoms with E-state index in [0.29, 0.717) is 0 Å². The molecule has 92 valence electrons. The average molecular weight is 264 g/mol. The number of hydrogen-bond acceptors (Lipinski definition) is 2. The Labute approximate surface area is 116 Å². The second-order valence-electron chi connectivity index (χ2n) is 4.43. The molecular formula is C16H12N2S. The summed E-state index contributed by atoms with van der Waals surface area (Å²) in [7, 11) is 0. The number of aromatic amines is 1. The van der Waals surface area contributed by atoms with E-state index in [1.165, 1.54) is 17.3 Å². The van der Waals surface area contributed by atoms with Crippen molar-refractivity contribution in [3.63, 3.8) is 0 Å². The molecule has 0 fully saturated rings. The molecule has 3 aromatic rings. The van der Waals surface area contributed by atoms with Crippen molar-refractivity contribution in [3.05, 3.63) is 54.1 Å². The largest absolute Gasteiger partial charge is 0.354 e. The Bertz CT molecular complexity index is 764. The molecule has 1 heterocycles. The summed E-state index contributed by atoms with van der Waals surface area (Å²) >= 11 is 1.21. The molecule has 0 radical (unpaired) electrons. The number of para-hydroxylation sites is 1. The van der Waals surface area contributed by atoms with Crippen molar-refractivity contribution in [3.8, 4) is 16.7 Å². The number of thiocyanates is 1. The van der Waals surface area contributed by atoms with Crippen molar-refractivity contribution in [2.45, 2.75) is 11.8 Å². The Morgan fingerprint density at radius 3 is 2.53 bits per heavy atom. The van der Waals surface area contributed by atoms with Gasteiger partial charge in [0, 0.05) is 10.9 Å². The summed E-state index contributed by atoms with van der Waals surface area (Å²) in [4.78, 5) is 4.41. The topological polar surface area (TPSA) is 39.6 Å². The molecular weight excluding hydrogens is 252 g/mol. The van der Waals surface area contributed by atoms with Crippen LogP contribution in [0, 0.1) is 17.6 Å². The summed E-state index contributed by atoms with van der Waals surface area (Å²) in [6, 6.07) is 16.4. The first-order valence-corrected chi connectivity index (χ1v) is 6.85. The lowest BCUT2D eigenvalue weighted by Gasteiger charge is -2.01. The Morgan fingerprint density at radius 2 is 1.79 bits per heavy atom. The van der Waals surface area contributed by atoms with Crippen molar-refractivity contribution >= 4 is 22.7 Å². The van der Waals surface area contributed by atoms with Crippen LogP contribution in [-0.4, -0.2) is 4.98 Å². The molecule has 0 saturated carbocycles. The monoisotopic (exact) mass is 264 g/mol. The molecule has 0 spiro atoms. The van der Waals surface area contributed by atoms with Gasteiger partial charge in [0.15, 0.2) is 0 Å². The number of thioether (sulfide) groups is 1. The normalized spacial score (nSPS) is 10.5. The Balaban J connectivity index is 2.25. The first-order valence-electron chi connectivity index (χ1n) is 6.03. The van der Waals surface area contributed by atoms with Crippen LogP contribution in [0.3, 0.4) is 0 Å². The number of rotatable bonds is 2. The van der Waals surface area contributed by atoms with Gasteiger partial charge in [0.05, 0.1) is 10.6 Å². The van der Waals surface area contributed by atoms with Gasteiger partial charge >= 0.3 is 0 Å². The molecule has 3 heteroatoms. The van der Waals surface area contributed by atoms with Gasteiger partial charge in [-0.1, -0.05) is 48.0 Å². The number of H-pyrrole nitrogens is 1. The van der Waals surface area contributed by atoms with Gasteiger partial charge in [0.2, 0.25) is 0 Å². The number of nitrogens with zero attached hydrogens (tertiary/aromatic N) is 1. The molecule has 1 N–H and O–H groups in total. The number of nitriles is 1. The lowest BCUT2D eigenvalue weighted by Crippen LogP contribution is -1.80. The highest BCUT2D eigenvalue weighted by Gasteiger charge is 2.13. The highest BCUT2D eigenvalue weighted by Crippen LogP contribution is 2.37. The molecule has 0 unspecified atom stereocenters. The van der Waals surface area contributed by atoms with E-state index in [-0.39, 0.29) is 0 Å². The van der Waals surface area contributed by atoms with Crippen LogP contribution < -0.4 is 0 Å². The summed E-state index contributed by atoms with van der Waals surface area (Å²) in [5.74, 6) is 0. The second kappa shape index (κ2) is 4.83. The number of nitrogens with one attached hydrogen (secondary N) is 1. The van der Waals surface area contributed by atoms with E-state index in [1.807, 2.05) is 24.3 Å². The number of aryl methyl sites for hydroxylation is 1. The minimum Gasteiger partial charge on any atom is -0.354 e. The minimum absolute atomic E-state index is 1.00. The van der Waals surface area contributed by atoms with Crippen LogP contribution in [-0.2, 0) is 0 Å². The zero-order valence-electron chi connectivity index (χ0n) is 10.5. The van der Waals surface area contributed by atoms with Crippen LogP contribution in [0.4, 0.5) is 0 Å². The van der Waals surface area contributed by atoms with Gasteiger partial charge in [-0.15, -0.1) is 0 Å². The van der Waals surface area contributed by atoms with Crippen LogP contribution in [0.25, 0.3) is 22.2 Å². The highest BCUT2D eigenvalue weighted by atomic mass is 32.2. The third kappa shape index (κ3) is 2.11. The maximum absolute atomic E-state index is 9.01. The van der Waals surface area contributed by atoms with Gasteiger partial charge in [-0.05, 0) is 30.3 Å². The zero-order chi connectivity index (χ0) is 13.2. The zero-order valence-corrected chi connectivity index (χ0v) is 11.3. The first-order chi connectivity index (χ1) is 9.29. The number of benzene rings is 2. The van der Waals surface area contributed by atoms with Crippen LogP contribution >= 0.6 is 11.8 Å². The molecule has 1 aromatic heterocycles. The quantitative estimate of drug-likeness (QED) is 0.537. The molecule has 0 aliphatic carbocycles. The first kappa shape index (κ1) is 11.9. The maximum atomic E-state index is 9.01. The summed E-state index contributed by atoms with van der Waals surface area (Å²) in [6.45, 7) is 2.07. The van der Waals surface area contributed by atoms with Gasteiger partial charge in [-0.25, -0.2) is 0 Å². The average Bonchev–Trinajstić information content (AvgIpc) is 2.79. The predicted molar refractivity (Wildman–Crippen MR) is 79.9 cm³/mol. The van der Waals surface area contributed by atoms with E-state index in [9.17, 15) is 0 Å². The van der Waals surface area contributed by atoms with Crippen molar-refractivity contribution in [1.29, 1.82) is 5.26 Å². The van der Waals surface area contributed by atoms with E-state index in [1.54, 1.807) is 0 Å². The van der Waals surface area contributed by atoms with E-state index in [2.05, 4.69) is 41.6 Å². The van der Waals surface area contributed by atoms with Gasteiger partial charge in [-0.2, -0.15) is 5.26 Å². The van der Waals surface area contributed by atoms with E-state index in [4.69, 9.17) is 5.26 Å². The van der Waals surface area contributed by atoms with Crippen molar-refractivity contribution in [1.82, 2.24) is 4.98 Å². The fourth-order valence-corrected chi connectivity index (χ4v) is 2.84. The Morgan fingerprint density at radius 1 is 1.05 bits per heavy atom. The fraction of sp³-hybridized carbons (Fsp3) is 0.0625. The summed E-state index contributed by atoms with van der Waals surface area (Å²) in [5, 5.41) is 12.3. The van der Waals surface area contributed by atoms with E-state index < -0.39 is 0 Å². The molecule has 0 aliphatic heterocycles. The van der Waals surface area contributed by atoms with Crippen LogP contribution in [0.2, 0.25) is 0 Å². The number of hydrogen-bond donors (Lipinski definition) is 1. The van der Waals surface area contributed by atoms with Crippen LogP contribution in [0.1, 0.15) is 5.56 Å². The van der Waals surface area contributed by atoms with Crippen molar-refractivity contribution in [2.75, 3.05) is 0 Å². The van der Waals surface area contributed by atoms with Crippen molar-refractivity contribution < 1.29 is 0 Å². The number of aromatic nitrogens is 1. The Kier molecular flexibility index (Phi) is 3.02. The summed E-state index contributed by atoms with van der Waals surface area (Å²) in [6.07, 6.45) is 0. The second-order valence-corrected chi connectivity index (χ2v) is 5.23. The van der Waals surface area contributed by atoms with E-state index >= 15 is 0 Å². The smallest absolute Gasteiger partial charge is 0.138 e. The van der Waals surface area contributed by atoms with E-state index in [0.717, 1.165) is 27.1 Å². The molecule has 0 atom stereocenters. The molecule has 19 heavy (non-hydrogen) atoms. The molecule has 2 nitrogen and oxygen atoms in total. The minimum atomic E-state index is 1.00. The molecule has 0 saturated heterocycles. The molecule has 0 bridgehead atoms. The van der Waals surface area contributed by atoms with Crippen LogP contribution in [0.5, 0.6) is 0 Å². The third-order valence-electron chi connectivity index (χ3n) is 3.15. The highest BCUT2D eigenvalue weighted by molar-refractivity contribution is 8.04. The predicted octanol–water partition coefficient (Wildman–Crippen LogP) is 4.72. The third-order valence-corrected chi connectivity index (χ3v) is 3.87. The lowest BCUT2D eigenvalue weighted by molar-refractivity contribution is 1.38. The molecule has 0 amide bonds. The standard InChI is InChI=1S/C16H12N2S/c1-11-6-8-12(9-7-11)15-16(19-10-17)13-4-2-3-5-14(13)18-15/h2-9,18H,1H3. The summed E-state index contributed by atoms with van der Waals surface area (Å²) in [5.41, 5.74) is 4.43. The SMILES string of the molecule is Cc1ccc(-c2[nH]c3ccccc3c2SC#N)cc1. The molecule has 3 rings (SSSR count).